The minimum Gasteiger partial charge on any atom is -0.482 e. The minimum atomic E-state index is -4.37. The number of nitrogen functional groups attached to an aromatic ring is 2. The maximum Gasteiger partial charge on any atom is 0.422 e. The number of halogens is 4. The van der Waals surface area contributed by atoms with Crippen molar-refractivity contribution in [2.45, 2.75) is 6.18 Å². The molecule has 3 nitrogen and oxygen atoms in total. The molecule has 0 fully saturated rings. The molecule has 1 aromatic rings. The Labute approximate surface area is 90.6 Å². The lowest BCUT2D eigenvalue weighted by Gasteiger charge is -2.11. The highest BCUT2D eigenvalue weighted by molar-refractivity contribution is 5.85. The first kappa shape index (κ1) is 13.7. The monoisotopic (exact) mass is 242 g/mol. The van der Waals surface area contributed by atoms with E-state index in [4.69, 9.17) is 11.5 Å². The van der Waals surface area contributed by atoms with E-state index in [2.05, 4.69) is 4.74 Å². The summed E-state index contributed by atoms with van der Waals surface area (Å²) in [6.45, 7) is -1.36. The first-order chi connectivity index (χ1) is 6.38. The average Bonchev–Trinajstić information content (AvgIpc) is 2.00. The van der Waals surface area contributed by atoms with E-state index >= 15 is 0 Å². The smallest absolute Gasteiger partial charge is 0.422 e. The molecule has 0 amide bonds. The number of benzene rings is 1. The highest BCUT2D eigenvalue weighted by atomic mass is 35.5. The summed E-state index contributed by atoms with van der Waals surface area (Å²) >= 11 is 0. The molecule has 0 aromatic heterocycles. The number of alkyl halides is 3. The molecule has 1 aromatic carbocycles. The van der Waals surface area contributed by atoms with Crippen LogP contribution in [-0.4, -0.2) is 12.8 Å². The van der Waals surface area contributed by atoms with Gasteiger partial charge in [0.2, 0.25) is 0 Å². The average molecular weight is 243 g/mol. The van der Waals surface area contributed by atoms with Crippen LogP contribution in [0.15, 0.2) is 18.2 Å². The Morgan fingerprint density at radius 3 is 2.27 bits per heavy atom. The molecule has 4 N–H and O–H groups in total. The number of anilines is 2. The van der Waals surface area contributed by atoms with E-state index in [9.17, 15) is 13.2 Å². The second-order valence-corrected chi connectivity index (χ2v) is 2.70. The number of hydrogen-bond donors (Lipinski definition) is 2. The molecular weight excluding hydrogens is 233 g/mol. The van der Waals surface area contributed by atoms with Gasteiger partial charge in [0.1, 0.15) is 5.75 Å². The van der Waals surface area contributed by atoms with Crippen LogP contribution in [-0.2, 0) is 0 Å². The number of nitrogens with two attached hydrogens (primary N) is 2. The summed E-state index contributed by atoms with van der Waals surface area (Å²) in [7, 11) is 0. The fraction of sp³-hybridized carbons (Fsp3) is 0.250. The lowest BCUT2D eigenvalue weighted by atomic mass is 10.2. The summed E-state index contributed by atoms with van der Waals surface area (Å²) in [5, 5.41) is 0. The lowest BCUT2D eigenvalue weighted by molar-refractivity contribution is -0.153. The molecule has 0 unspecified atom stereocenters. The summed E-state index contributed by atoms with van der Waals surface area (Å²) in [6, 6.07) is 4.06. The van der Waals surface area contributed by atoms with Crippen molar-refractivity contribution in [3.05, 3.63) is 18.2 Å². The maximum absolute atomic E-state index is 11.8. The van der Waals surface area contributed by atoms with Crippen molar-refractivity contribution in [2.75, 3.05) is 18.1 Å². The van der Waals surface area contributed by atoms with Gasteiger partial charge >= 0.3 is 6.18 Å². The Bertz CT molecular complexity index is 330. The van der Waals surface area contributed by atoms with Crippen LogP contribution in [0.2, 0.25) is 0 Å². The zero-order valence-corrected chi connectivity index (χ0v) is 8.36. The fourth-order valence-electron chi connectivity index (χ4n) is 0.858. The molecule has 1 rings (SSSR count). The van der Waals surface area contributed by atoms with Gasteiger partial charge in [-0.05, 0) is 18.2 Å². The minimum absolute atomic E-state index is 0. The molecule has 0 spiro atoms. The van der Waals surface area contributed by atoms with E-state index in [-0.39, 0.29) is 23.8 Å². The van der Waals surface area contributed by atoms with Gasteiger partial charge in [-0.3, -0.25) is 0 Å². The van der Waals surface area contributed by atoms with Crippen molar-refractivity contribution >= 4 is 23.8 Å². The fourth-order valence-corrected chi connectivity index (χ4v) is 0.858. The summed E-state index contributed by atoms with van der Waals surface area (Å²) in [4.78, 5) is 0. The predicted octanol–water partition coefficient (Wildman–Crippen LogP) is 2.21. The molecule has 0 aliphatic carbocycles. The van der Waals surface area contributed by atoms with Gasteiger partial charge in [0.25, 0.3) is 0 Å². The van der Waals surface area contributed by atoms with E-state index in [1.54, 1.807) is 0 Å². The maximum atomic E-state index is 11.8. The number of rotatable bonds is 2. The Morgan fingerprint density at radius 2 is 1.80 bits per heavy atom. The Morgan fingerprint density at radius 1 is 1.20 bits per heavy atom. The molecule has 0 aliphatic heterocycles. The van der Waals surface area contributed by atoms with Crippen LogP contribution >= 0.6 is 12.4 Å². The lowest BCUT2D eigenvalue weighted by Crippen LogP contribution is -2.19. The molecule has 86 valence electrons. The third-order valence-electron chi connectivity index (χ3n) is 1.43. The normalized spacial score (nSPS) is 10.6. The van der Waals surface area contributed by atoms with Gasteiger partial charge in [0.15, 0.2) is 6.61 Å². The van der Waals surface area contributed by atoms with Crippen LogP contribution in [0.4, 0.5) is 24.5 Å². The first-order valence-electron chi connectivity index (χ1n) is 3.73. The van der Waals surface area contributed by atoms with Gasteiger partial charge in [0.05, 0.1) is 5.69 Å². The molecule has 0 aliphatic rings. The third kappa shape index (κ3) is 4.64. The molecule has 15 heavy (non-hydrogen) atoms. The Balaban J connectivity index is 0.00000196. The van der Waals surface area contributed by atoms with E-state index in [0.29, 0.717) is 5.69 Å². The molecule has 0 saturated heterocycles. The van der Waals surface area contributed by atoms with E-state index in [1.165, 1.54) is 18.2 Å². The van der Waals surface area contributed by atoms with Gasteiger partial charge in [-0.15, -0.1) is 12.4 Å². The van der Waals surface area contributed by atoms with E-state index in [0.717, 1.165) is 0 Å². The first-order valence-corrected chi connectivity index (χ1v) is 3.73. The number of hydrogen-bond acceptors (Lipinski definition) is 3. The van der Waals surface area contributed by atoms with Crippen molar-refractivity contribution < 1.29 is 17.9 Å². The van der Waals surface area contributed by atoms with Crippen molar-refractivity contribution in [1.29, 1.82) is 0 Å². The summed E-state index contributed by atoms with van der Waals surface area (Å²) in [6.07, 6.45) is -4.37. The van der Waals surface area contributed by atoms with Crippen molar-refractivity contribution in [3.8, 4) is 5.75 Å². The SMILES string of the molecule is Cl.Nc1ccc(OCC(F)(F)F)c(N)c1. The van der Waals surface area contributed by atoms with Crippen LogP contribution in [0.25, 0.3) is 0 Å². The van der Waals surface area contributed by atoms with Gasteiger partial charge in [-0.1, -0.05) is 0 Å². The van der Waals surface area contributed by atoms with Crippen LogP contribution < -0.4 is 16.2 Å². The van der Waals surface area contributed by atoms with Crippen LogP contribution in [0.5, 0.6) is 5.75 Å². The van der Waals surface area contributed by atoms with Crippen molar-refractivity contribution in [2.24, 2.45) is 0 Å². The molecule has 0 saturated carbocycles. The van der Waals surface area contributed by atoms with Crippen molar-refractivity contribution in [1.82, 2.24) is 0 Å². The van der Waals surface area contributed by atoms with Crippen LogP contribution in [0.1, 0.15) is 0 Å². The third-order valence-corrected chi connectivity index (χ3v) is 1.43. The molecule has 0 heterocycles. The van der Waals surface area contributed by atoms with Gasteiger partial charge in [-0.25, -0.2) is 0 Å². The molecule has 0 radical (unpaired) electrons. The van der Waals surface area contributed by atoms with E-state index in [1.807, 2.05) is 0 Å². The van der Waals surface area contributed by atoms with Crippen molar-refractivity contribution in [3.63, 3.8) is 0 Å². The summed E-state index contributed by atoms with van der Waals surface area (Å²) < 4.78 is 39.7. The topological polar surface area (TPSA) is 61.3 Å². The zero-order chi connectivity index (χ0) is 10.8. The second kappa shape index (κ2) is 4.97. The molecule has 0 atom stereocenters. The number of ether oxygens (including phenoxy) is 1. The standard InChI is InChI=1S/C8H9F3N2O.ClH/c9-8(10,11)4-14-7-2-1-5(12)3-6(7)13;/h1-3H,4,12-13H2;1H. The molecule has 0 bridgehead atoms. The summed E-state index contributed by atoms with van der Waals surface area (Å²) in [5.74, 6) is -0.0171. The Hall–Kier alpha value is -1.30. The second-order valence-electron chi connectivity index (χ2n) is 2.70. The highest BCUT2D eigenvalue weighted by Crippen LogP contribution is 2.25. The quantitative estimate of drug-likeness (QED) is 0.782. The van der Waals surface area contributed by atoms with E-state index < -0.39 is 12.8 Å². The largest absolute Gasteiger partial charge is 0.482 e. The van der Waals surface area contributed by atoms with Gasteiger partial charge < -0.3 is 16.2 Å². The van der Waals surface area contributed by atoms with Crippen LogP contribution in [0.3, 0.4) is 0 Å². The molecular formula is C8H10ClF3N2O. The highest BCUT2D eigenvalue weighted by Gasteiger charge is 2.28. The van der Waals surface area contributed by atoms with Crippen LogP contribution in [0, 0.1) is 0 Å². The van der Waals surface area contributed by atoms with Gasteiger partial charge in [-0.2, -0.15) is 13.2 Å². The Kier molecular flexibility index (Phi) is 4.54. The summed E-state index contributed by atoms with van der Waals surface area (Å²) in [5.41, 5.74) is 11.2. The predicted molar refractivity (Wildman–Crippen MR) is 54.1 cm³/mol. The molecule has 7 heteroatoms. The zero-order valence-electron chi connectivity index (χ0n) is 7.54. The van der Waals surface area contributed by atoms with Gasteiger partial charge in [0, 0.05) is 5.69 Å².